The first-order valence-electron chi connectivity index (χ1n) is 5.79. The topological polar surface area (TPSA) is 66.5 Å². The Hall–Kier alpha value is -1.95. The van der Waals surface area contributed by atoms with E-state index in [1.165, 1.54) is 11.5 Å². The summed E-state index contributed by atoms with van der Waals surface area (Å²) in [5.74, 6) is 1.80. The lowest BCUT2D eigenvalue weighted by Crippen LogP contribution is -2.05. The van der Waals surface area contributed by atoms with Crippen molar-refractivity contribution in [3.63, 3.8) is 0 Å². The van der Waals surface area contributed by atoms with Crippen LogP contribution in [0.3, 0.4) is 0 Å². The molecule has 3 rings (SSSR count). The van der Waals surface area contributed by atoms with E-state index in [1.54, 1.807) is 0 Å². The fraction of sp³-hybridized carbons (Fsp3) is 0.250. The molecular formula is C12H13N5S. The average Bonchev–Trinajstić information content (AvgIpc) is 2.95. The summed E-state index contributed by atoms with van der Waals surface area (Å²) in [4.78, 5) is 12.1. The first-order valence-corrected chi connectivity index (χ1v) is 6.56. The van der Waals surface area contributed by atoms with E-state index in [0.29, 0.717) is 0 Å². The number of para-hydroxylation sites is 2. The Balaban J connectivity index is 1.62. The molecule has 0 saturated heterocycles. The van der Waals surface area contributed by atoms with Gasteiger partial charge in [-0.3, -0.25) is 0 Å². The highest BCUT2D eigenvalue weighted by atomic mass is 32.1. The van der Waals surface area contributed by atoms with Crippen molar-refractivity contribution in [2.75, 3.05) is 11.9 Å². The average molecular weight is 259 g/mol. The summed E-state index contributed by atoms with van der Waals surface area (Å²) < 4.78 is 4.12. The van der Waals surface area contributed by atoms with Crippen LogP contribution in [0.25, 0.3) is 11.0 Å². The number of aryl methyl sites for hydroxylation is 1. The van der Waals surface area contributed by atoms with Crippen molar-refractivity contribution in [1.29, 1.82) is 0 Å². The van der Waals surface area contributed by atoms with Gasteiger partial charge in [0.2, 0.25) is 5.13 Å². The zero-order valence-electron chi connectivity index (χ0n) is 9.97. The molecule has 2 N–H and O–H groups in total. The van der Waals surface area contributed by atoms with Crippen molar-refractivity contribution in [3.05, 3.63) is 35.9 Å². The van der Waals surface area contributed by atoms with Crippen molar-refractivity contribution < 1.29 is 0 Å². The molecule has 0 radical (unpaired) electrons. The van der Waals surface area contributed by atoms with Gasteiger partial charge in [-0.25, -0.2) is 9.97 Å². The number of hydrogen-bond acceptors (Lipinski definition) is 5. The number of imidazole rings is 1. The summed E-state index contributed by atoms with van der Waals surface area (Å²) in [7, 11) is 0. The molecular weight excluding hydrogens is 246 g/mol. The second-order valence-corrected chi connectivity index (χ2v) is 4.78. The number of rotatable bonds is 4. The fourth-order valence-corrected chi connectivity index (χ4v) is 2.38. The van der Waals surface area contributed by atoms with Gasteiger partial charge in [0.15, 0.2) is 0 Å². The molecule has 18 heavy (non-hydrogen) atoms. The maximum atomic E-state index is 4.52. The highest BCUT2D eigenvalue weighted by molar-refractivity contribution is 7.09. The molecule has 5 nitrogen and oxygen atoms in total. The Morgan fingerprint density at radius 1 is 1.28 bits per heavy atom. The molecule has 0 saturated carbocycles. The van der Waals surface area contributed by atoms with Crippen LogP contribution in [0.2, 0.25) is 0 Å². The van der Waals surface area contributed by atoms with Crippen molar-refractivity contribution in [1.82, 2.24) is 19.3 Å². The number of aromatic nitrogens is 4. The van der Waals surface area contributed by atoms with Crippen molar-refractivity contribution in [3.8, 4) is 0 Å². The fourth-order valence-electron chi connectivity index (χ4n) is 1.78. The van der Waals surface area contributed by atoms with E-state index < -0.39 is 0 Å². The molecule has 0 aliphatic heterocycles. The van der Waals surface area contributed by atoms with E-state index in [4.69, 9.17) is 0 Å². The predicted molar refractivity (Wildman–Crippen MR) is 72.9 cm³/mol. The lowest BCUT2D eigenvalue weighted by atomic mass is 10.3. The van der Waals surface area contributed by atoms with Gasteiger partial charge in [-0.05, 0) is 19.1 Å². The molecule has 0 fully saturated rings. The van der Waals surface area contributed by atoms with Gasteiger partial charge in [-0.2, -0.15) is 4.37 Å². The number of nitrogens with zero attached hydrogens (tertiary/aromatic N) is 3. The molecule has 2 heterocycles. The summed E-state index contributed by atoms with van der Waals surface area (Å²) in [6.45, 7) is 2.69. The summed E-state index contributed by atoms with van der Waals surface area (Å²) in [6.07, 6.45) is 0.841. The standard InChI is InChI=1S/C12H13N5S/c1-8-14-12(18-17-8)13-7-6-11-15-9-4-2-3-5-10(9)16-11/h2-5H,6-7H2,1H3,(H,15,16)(H,13,14,17). The van der Waals surface area contributed by atoms with Gasteiger partial charge in [0.1, 0.15) is 11.6 Å². The number of hydrogen-bond donors (Lipinski definition) is 2. The third kappa shape index (κ3) is 2.33. The molecule has 0 aliphatic carbocycles. The van der Waals surface area contributed by atoms with Crippen LogP contribution in [-0.4, -0.2) is 25.9 Å². The number of fused-ring (bicyclic) bond motifs is 1. The van der Waals surface area contributed by atoms with Gasteiger partial charge in [-0.1, -0.05) is 12.1 Å². The lowest BCUT2D eigenvalue weighted by molar-refractivity contribution is 0.931. The Labute approximate surface area is 108 Å². The first-order chi connectivity index (χ1) is 8.81. The second kappa shape index (κ2) is 4.73. The van der Waals surface area contributed by atoms with Gasteiger partial charge in [0.25, 0.3) is 0 Å². The minimum atomic E-state index is 0.800. The number of anilines is 1. The van der Waals surface area contributed by atoms with E-state index in [2.05, 4.69) is 24.6 Å². The Morgan fingerprint density at radius 2 is 2.17 bits per heavy atom. The molecule has 0 spiro atoms. The monoisotopic (exact) mass is 259 g/mol. The van der Waals surface area contributed by atoms with E-state index in [9.17, 15) is 0 Å². The van der Waals surface area contributed by atoms with Crippen molar-refractivity contribution in [2.24, 2.45) is 0 Å². The minimum Gasteiger partial charge on any atom is -0.360 e. The highest BCUT2D eigenvalue weighted by Gasteiger charge is 2.03. The van der Waals surface area contributed by atoms with E-state index in [0.717, 1.165) is 40.8 Å². The van der Waals surface area contributed by atoms with Gasteiger partial charge < -0.3 is 10.3 Å². The minimum absolute atomic E-state index is 0.800. The van der Waals surface area contributed by atoms with Crippen LogP contribution < -0.4 is 5.32 Å². The molecule has 2 aromatic heterocycles. The summed E-state index contributed by atoms with van der Waals surface area (Å²) in [5, 5.41) is 4.11. The van der Waals surface area contributed by atoms with Crippen LogP contribution in [0.4, 0.5) is 5.13 Å². The van der Waals surface area contributed by atoms with Gasteiger partial charge in [0.05, 0.1) is 11.0 Å². The summed E-state index contributed by atoms with van der Waals surface area (Å²) in [6, 6.07) is 8.05. The van der Waals surface area contributed by atoms with E-state index >= 15 is 0 Å². The molecule has 92 valence electrons. The van der Waals surface area contributed by atoms with Gasteiger partial charge in [-0.15, -0.1) is 0 Å². The lowest BCUT2D eigenvalue weighted by Gasteiger charge is -1.98. The SMILES string of the molecule is Cc1nsc(NCCc2nc3ccccc3[nH]2)n1. The van der Waals surface area contributed by atoms with Crippen LogP contribution in [0.5, 0.6) is 0 Å². The number of aromatic amines is 1. The normalized spacial score (nSPS) is 10.9. The van der Waals surface area contributed by atoms with Crippen LogP contribution in [0.15, 0.2) is 24.3 Å². The van der Waals surface area contributed by atoms with Crippen LogP contribution >= 0.6 is 11.5 Å². The third-order valence-corrected chi connectivity index (χ3v) is 3.37. The predicted octanol–water partition coefficient (Wildman–Crippen LogP) is 2.38. The number of benzene rings is 1. The molecule has 0 bridgehead atoms. The molecule has 0 unspecified atom stereocenters. The Kier molecular flexibility index (Phi) is 2.93. The van der Waals surface area contributed by atoms with Crippen molar-refractivity contribution in [2.45, 2.75) is 13.3 Å². The van der Waals surface area contributed by atoms with Crippen LogP contribution in [0, 0.1) is 6.92 Å². The maximum Gasteiger partial charge on any atom is 0.202 e. The zero-order chi connectivity index (χ0) is 12.4. The van der Waals surface area contributed by atoms with E-state index in [1.807, 2.05) is 31.2 Å². The molecule has 0 atom stereocenters. The number of nitrogens with one attached hydrogen (secondary N) is 2. The smallest absolute Gasteiger partial charge is 0.202 e. The Bertz CT molecular complexity index is 624. The molecule has 0 aliphatic rings. The van der Waals surface area contributed by atoms with Gasteiger partial charge in [0, 0.05) is 24.5 Å². The Morgan fingerprint density at radius 3 is 2.94 bits per heavy atom. The molecule has 3 aromatic rings. The van der Waals surface area contributed by atoms with E-state index in [-0.39, 0.29) is 0 Å². The van der Waals surface area contributed by atoms with Crippen molar-refractivity contribution >= 4 is 27.7 Å². The first kappa shape index (κ1) is 11.2. The second-order valence-electron chi connectivity index (χ2n) is 4.02. The summed E-state index contributed by atoms with van der Waals surface area (Å²) >= 11 is 1.39. The maximum absolute atomic E-state index is 4.52. The highest BCUT2D eigenvalue weighted by Crippen LogP contribution is 2.12. The molecule has 6 heteroatoms. The third-order valence-electron chi connectivity index (χ3n) is 2.60. The molecule has 1 aromatic carbocycles. The quantitative estimate of drug-likeness (QED) is 0.755. The van der Waals surface area contributed by atoms with Gasteiger partial charge >= 0.3 is 0 Å². The van der Waals surface area contributed by atoms with Crippen LogP contribution in [-0.2, 0) is 6.42 Å². The largest absolute Gasteiger partial charge is 0.360 e. The number of H-pyrrole nitrogens is 1. The summed E-state index contributed by atoms with van der Waals surface area (Å²) in [5.41, 5.74) is 2.10. The zero-order valence-corrected chi connectivity index (χ0v) is 10.8. The molecule has 0 amide bonds. The van der Waals surface area contributed by atoms with Crippen LogP contribution in [0.1, 0.15) is 11.6 Å².